The minimum absolute atomic E-state index is 0.763. The molecule has 3 aromatic rings. The number of hydrogen-bond acceptors (Lipinski definition) is 4. The van der Waals surface area contributed by atoms with Crippen molar-refractivity contribution in [2.75, 3.05) is 22.9 Å². The lowest BCUT2D eigenvalue weighted by molar-refractivity contribution is 0.814. The van der Waals surface area contributed by atoms with Crippen molar-refractivity contribution in [3.63, 3.8) is 0 Å². The maximum Gasteiger partial charge on any atom is 0.227 e. The van der Waals surface area contributed by atoms with Gasteiger partial charge < -0.3 is 9.80 Å². The molecule has 0 aliphatic rings. The minimum atomic E-state index is 0.763. The van der Waals surface area contributed by atoms with E-state index < -0.39 is 0 Å². The molecule has 0 saturated heterocycles. The lowest BCUT2D eigenvalue weighted by atomic mass is 10.2. The summed E-state index contributed by atoms with van der Waals surface area (Å²) < 4.78 is 0. The van der Waals surface area contributed by atoms with E-state index in [4.69, 9.17) is 4.98 Å². The van der Waals surface area contributed by atoms with Gasteiger partial charge >= 0.3 is 0 Å². The van der Waals surface area contributed by atoms with E-state index in [-0.39, 0.29) is 0 Å². The lowest BCUT2D eigenvalue weighted by Crippen LogP contribution is -2.25. The summed E-state index contributed by atoms with van der Waals surface area (Å²) in [5.74, 6) is 1.68. The third-order valence-electron chi connectivity index (χ3n) is 4.20. The Hall–Kier alpha value is -2.88. The lowest BCUT2D eigenvalue weighted by Gasteiger charge is -2.26. The summed E-state index contributed by atoms with van der Waals surface area (Å²) in [6, 6.07) is 22.8. The molecule has 128 valence electrons. The molecule has 0 spiro atoms. The Morgan fingerprint density at radius 3 is 2.08 bits per heavy atom. The van der Waals surface area contributed by atoms with Gasteiger partial charge in [-0.05, 0) is 37.6 Å². The van der Waals surface area contributed by atoms with Gasteiger partial charge in [0.2, 0.25) is 5.95 Å². The van der Waals surface area contributed by atoms with Crippen molar-refractivity contribution in [1.82, 2.24) is 9.97 Å². The van der Waals surface area contributed by atoms with Gasteiger partial charge in [-0.15, -0.1) is 0 Å². The van der Waals surface area contributed by atoms with Crippen molar-refractivity contribution in [1.29, 1.82) is 0 Å². The summed E-state index contributed by atoms with van der Waals surface area (Å²) in [5.41, 5.74) is 2.37. The van der Waals surface area contributed by atoms with Crippen molar-refractivity contribution >= 4 is 17.5 Å². The molecule has 0 bridgehead atoms. The average molecular weight is 332 g/mol. The summed E-state index contributed by atoms with van der Waals surface area (Å²) in [4.78, 5) is 13.7. The van der Waals surface area contributed by atoms with Gasteiger partial charge in [0, 0.05) is 31.5 Å². The Morgan fingerprint density at radius 2 is 1.44 bits per heavy atom. The predicted molar refractivity (Wildman–Crippen MR) is 104 cm³/mol. The van der Waals surface area contributed by atoms with Crippen LogP contribution in [0.25, 0.3) is 0 Å². The van der Waals surface area contributed by atoms with E-state index in [1.165, 1.54) is 5.56 Å². The molecule has 1 heterocycles. The Kier molecular flexibility index (Phi) is 5.62. The second-order valence-corrected chi connectivity index (χ2v) is 5.79. The molecule has 25 heavy (non-hydrogen) atoms. The molecule has 0 N–H and O–H groups in total. The summed E-state index contributed by atoms with van der Waals surface area (Å²) >= 11 is 0. The fraction of sp³-hybridized carbons (Fsp3) is 0.238. The van der Waals surface area contributed by atoms with Crippen molar-refractivity contribution < 1.29 is 0 Å². The molecule has 0 aliphatic carbocycles. The highest BCUT2D eigenvalue weighted by atomic mass is 15.3. The topological polar surface area (TPSA) is 32.3 Å². The fourth-order valence-electron chi connectivity index (χ4n) is 2.83. The molecule has 0 fully saturated rings. The van der Waals surface area contributed by atoms with Crippen molar-refractivity contribution in [2.45, 2.75) is 20.4 Å². The molecule has 0 amide bonds. The minimum Gasteiger partial charge on any atom is -0.341 e. The monoisotopic (exact) mass is 332 g/mol. The van der Waals surface area contributed by atoms with Crippen LogP contribution in [0.15, 0.2) is 72.9 Å². The highest BCUT2D eigenvalue weighted by molar-refractivity contribution is 5.61. The summed E-state index contributed by atoms with van der Waals surface area (Å²) in [6.07, 6.45) is 1.84. The SMILES string of the molecule is CCN(CC)c1nccc(N(Cc2ccccc2)c2ccccc2)n1. The van der Waals surface area contributed by atoms with Crippen molar-refractivity contribution in [3.8, 4) is 0 Å². The normalized spacial score (nSPS) is 10.5. The fourth-order valence-corrected chi connectivity index (χ4v) is 2.83. The van der Waals surface area contributed by atoms with Crippen LogP contribution in [0.4, 0.5) is 17.5 Å². The zero-order valence-corrected chi connectivity index (χ0v) is 14.8. The highest BCUT2D eigenvalue weighted by Crippen LogP contribution is 2.26. The maximum absolute atomic E-state index is 4.83. The maximum atomic E-state index is 4.83. The highest BCUT2D eigenvalue weighted by Gasteiger charge is 2.14. The van der Waals surface area contributed by atoms with Crippen LogP contribution in [0.5, 0.6) is 0 Å². The Bertz CT molecular complexity index is 770. The van der Waals surface area contributed by atoms with E-state index in [1.807, 2.05) is 24.4 Å². The zero-order valence-electron chi connectivity index (χ0n) is 14.8. The standard InChI is InChI=1S/C21H24N4/c1-3-24(4-2)21-22-16-15-20(23-21)25(19-13-9-6-10-14-19)17-18-11-7-5-8-12-18/h5-16H,3-4,17H2,1-2H3. The first-order valence-electron chi connectivity index (χ1n) is 8.76. The summed E-state index contributed by atoms with van der Waals surface area (Å²) in [7, 11) is 0. The van der Waals surface area contributed by atoms with Crippen LogP contribution >= 0.6 is 0 Å². The Labute approximate surface area is 149 Å². The first-order valence-corrected chi connectivity index (χ1v) is 8.76. The Morgan fingerprint density at radius 1 is 0.800 bits per heavy atom. The van der Waals surface area contributed by atoms with E-state index in [0.717, 1.165) is 37.1 Å². The summed E-state index contributed by atoms with van der Waals surface area (Å²) in [6.45, 7) is 6.80. The molecule has 4 heteroatoms. The molecule has 0 saturated carbocycles. The predicted octanol–water partition coefficient (Wildman–Crippen LogP) is 4.66. The van der Waals surface area contributed by atoms with E-state index >= 15 is 0 Å². The number of aromatic nitrogens is 2. The smallest absolute Gasteiger partial charge is 0.227 e. The van der Waals surface area contributed by atoms with E-state index in [0.29, 0.717) is 0 Å². The third-order valence-corrected chi connectivity index (χ3v) is 4.20. The van der Waals surface area contributed by atoms with E-state index in [2.05, 4.69) is 77.2 Å². The molecule has 0 unspecified atom stereocenters. The molecule has 2 aromatic carbocycles. The molecule has 0 radical (unpaired) electrons. The number of rotatable bonds is 7. The molecule has 0 atom stereocenters. The second kappa shape index (κ2) is 8.29. The van der Waals surface area contributed by atoms with Crippen LogP contribution in [-0.2, 0) is 6.54 Å². The second-order valence-electron chi connectivity index (χ2n) is 5.79. The van der Waals surface area contributed by atoms with Crippen LogP contribution in [-0.4, -0.2) is 23.1 Å². The molecule has 1 aromatic heterocycles. The zero-order chi connectivity index (χ0) is 17.5. The van der Waals surface area contributed by atoms with Gasteiger partial charge in [0.15, 0.2) is 0 Å². The van der Waals surface area contributed by atoms with Gasteiger partial charge in [-0.1, -0.05) is 48.5 Å². The third kappa shape index (κ3) is 4.15. The molecular weight excluding hydrogens is 308 g/mol. The van der Waals surface area contributed by atoms with Gasteiger partial charge in [0.25, 0.3) is 0 Å². The quantitative estimate of drug-likeness (QED) is 0.630. The van der Waals surface area contributed by atoms with Crippen LogP contribution in [0.1, 0.15) is 19.4 Å². The molecule has 0 aliphatic heterocycles. The van der Waals surface area contributed by atoms with Gasteiger partial charge in [-0.3, -0.25) is 0 Å². The first-order chi connectivity index (χ1) is 12.3. The molecule has 3 rings (SSSR count). The number of nitrogens with zero attached hydrogens (tertiary/aromatic N) is 4. The first kappa shape index (κ1) is 17.0. The Balaban J connectivity index is 1.98. The van der Waals surface area contributed by atoms with Crippen LogP contribution < -0.4 is 9.80 Å². The molecule has 4 nitrogen and oxygen atoms in total. The average Bonchev–Trinajstić information content (AvgIpc) is 2.69. The van der Waals surface area contributed by atoms with Gasteiger partial charge in [0.05, 0.1) is 0 Å². The van der Waals surface area contributed by atoms with Gasteiger partial charge in [0.1, 0.15) is 5.82 Å². The summed E-state index contributed by atoms with van der Waals surface area (Å²) in [5, 5.41) is 0. The van der Waals surface area contributed by atoms with E-state index in [9.17, 15) is 0 Å². The van der Waals surface area contributed by atoms with Crippen molar-refractivity contribution in [2.24, 2.45) is 0 Å². The van der Waals surface area contributed by atoms with Crippen LogP contribution in [0.3, 0.4) is 0 Å². The number of anilines is 3. The van der Waals surface area contributed by atoms with Gasteiger partial charge in [-0.25, -0.2) is 4.98 Å². The van der Waals surface area contributed by atoms with Crippen LogP contribution in [0.2, 0.25) is 0 Å². The van der Waals surface area contributed by atoms with Crippen LogP contribution in [0, 0.1) is 0 Å². The van der Waals surface area contributed by atoms with Crippen molar-refractivity contribution in [3.05, 3.63) is 78.5 Å². The molecular formula is C21H24N4. The number of para-hydroxylation sites is 1. The largest absolute Gasteiger partial charge is 0.341 e. The number of hydrogen-bond donors (Lipinski definition) is 0. The van der Waals surface area contributed by atoms with Gasteiger partial charge in [-0.2, -0.15) is 4.98 Å². The number of benzene rings is 2. The van der Waals surface area contributed by atoms with E-state index in [1.54, 1.807) is 0 Å².